The molecule has 28 heavy (non-hydrogen) atoms. The zero-order chi connectivity index (χ0) is 20.2. The predicted molar refractivity (Wildman–Crippen MR) is 113 cm³/mol. The Bertz CT molecular complexity index is 978. The molecular formula is C22H26N2O3S. The third kappa shape index (κ3) is 5.45. The number of sulfone groups is 1. The molecule has 0 saturated heterocycles. The van der Waals surface area contributed by atoms with Gasteiger partial charge in [-0.2, -0.15) is 0 Å². The summed E-state index contributed by atoms with van der Waals surface area (Å²) in [5.41, 5.74) is 3.91. The Kier molecular flexibility index (Phi) is 5.89. The molecule has 148 valence electrons. The number of carbonyl (C=O) groups is 1. The summed E-state index contributed by atoms with van der Waals surface area (Å²) < 4.78 is 22.3. The van der Waals surface area contributed by atoms with Crippen molar-refractivity contribution in [2.75, 3.05) is 18.1 Å². The Morgan fingerprint density at radius 1 is 1.14 bits per heavy atom. The van der Waals surface area contributed by atoms with Crippen LogP contribution in [0.2, 0.25) is 0 Å². The van der Waals surface area contributed by atoms with Gasteiger partial charge in [-0.25, -0.2) is 8.42 Å². The molecule has 0 spiro atoms. The second kappa shape index (κ2) is 8.19. The number of rotatable bonds is 8. The van der Waals surface area contributed by atoms with Crippen molar-refractivity contribution in [3.63, 3.8) is 0 Å². The average Bonchev–Trinajstić information content (AvgIpc) is 3.42. The molecule has 1 saturated carbocycles. The van der Waals surface area contributed by atoms with Gasteiger partial charge >= 0.3 is 0 Å². The van der Waals surface area contributed by atoms with Crippen molar-refractivity contribution >= 4 is 21.4 Å². The lowest BCUT2D eigenvalue weighted by atomic mass is 9.95. The van der Waals surface area contributed by atoms with Gasteiger partial charge in [0, 0.05) is 30.4 Å². The van der Waals surface area contributed by atoms with Gasteiger partial charge in [-0.15, -0.1) is 0 Å². The molecule has 1 aliphatic carbocycles. The zero-order valence-electron chi connectivity index (χ0n) is 16.2. The molecule has 0 aliphatic heterocycles. The molecule has 1 amide bonds. The van der Waals surface area contributed by atoms with Crippen LogP contribution in [0.25, 0.3) is 0 Å². The molecule has 0 bridgehead atoms. The van der Waals surface area contributed by atoms with Crippen LogP contribution in [0.5, 0.6) is 0 Å². The summed E-state index contributed by atoms with van der Waals surface area (Å²) in [6, 6.07) is 16.0. The van der Waals surface area contributed by atoms with Crippen LogP contribution in [0, 0.1) is 0 Å². The minimum Gasteiger partial charge on any atom is -0.380 e. The fourth-order valence-corrected chi connectivity index (χ4v) is 3.45. The highest BCUT2D eigenvalue weighted by Crippen LogP contribution is 2.48. The van der Waals surface area contributed by atoms with Gasteiger partial charge in [0.25, 0.3) is 5.91 Å². The van der Waals surface area contributed by atoms with Gasteiger partial charge < -0.3 is 10.6 Å². The van der Waals surface area contributed by atoms with Crippen LogP contribution >= 0.6 is 0 Å². The summed E-state index contributed by atoms with van der Waals surface area (Å²) in [4.78, 5) is 12.6. The quantitative estimate of drug-likeness (QED) is 0.712. The maximum Gasteiger partial charge on any atom is 0.253 e. The third-order valence-corrected chi connectivity index (χ3v) is 5.70. The average molecular weight is 399 g/mol. The number of carbonyl (C=O) groups excluding carboxylic acids is 1. The van der Waals surface area contributed by atoms with Crippen LogP contribution in [-0.2, 0) is 21.8 Å². The Morgan fingerprint density at radius 3 is 2.50 bits per heavy atom. The number of nitrogens with one attached hydrogen (secondary N) is 2. The van der Waals surface area contributed by atoms with Gasteiger partial charge in [-0.3, -0.25) is 4.79 Å². The lowest BCUT2D eigenvalue weighted by Crippen LogP contribution is -2.25. The van der Waals surface area contributed by atoms with Crippen molar-refractivity contribution in [3.8, 4) is 0 Å². The molecule has 0 unspecified atom stereocenters. The molecule has 6 heteroatoms. The van der Waals surface area contributed by atoms with Crippen LogP contribution in [-0.4, -0.2) is 27.1 Å². The summed E-state index contributed by atoms with van der Waals surface area (Å²) >= 11 is 0. The summed E-state index contributed by atoms with van der Waals surface area (Å²) in [5.74, 6) is -0.235. The number of benzene rings is 2. The van der Waals surface area contributed by atoms with Crippen molar-refractivity contribution < 1.29 is 13.2 Å². The molecule has 1 aliphatic rings. The first-order chi connectivity index (χ1) is 13.3. The second-order valence-corrected chi connectivity index (χ2v) is 9.50. The van der Waals surface area contributed by atoms with E-state index in [-0.39, 0.29) is 17.9 Å². The maximum absolute atomic E-state index is 12.6. The second-order valence-electron chi connectivity index (χ2n) is 7.57. The first kappa shape index (κ1) is 20.1. The van der Waals surface area contributed by atoms with E-state index in [9.17, 15) is 13.2 Å². The van der Waals surface area contributed by atoms with Crippen molar-refractivity contribution in [3.05, 3.63) is 76.7 Å². The molecule has 0 atom stereocenters. The molecule has 2 aromatic carbocycles. The van der Waals surface area contributed by atoms with E-state index >= 15 is 0 Å². The summed E-state index contributed by atoms with van der Waals surface area (Å²) in [5, 5.41) is 7.24. The van der Waals surface area contributed by atoms with Crippen LogP contribution in [0.1, 0.15) is 41.3 Å². The largest absolute Gasteiger partial charge is 0.380 e. The van der Waals surface area contributed by atoms with E-state index in [0.717, 1.165) is 35.8 Å². The van der Waals surface area contributed by atoms with Crippen LogP contribution < -0.4 is 10.6 Å². The number of hydrogen-bond acceptors (Lipinski definition) is 4. The van der Waals surface area contributed by atoms with E-state index in [0.29, 0.717) is 12.1 Å². The van der Waals surface area contributed by atoms with Gasteiger partial charge in [0.2, 0.25) is 0 Å². The van der Waals surface area contributed by atoms with Crippen LogP contribution in [0.4, 0.5) is 5.69 Å². The fourth-order valence-electron chi connectivity index (χ4n) is 3.00. The van der Waals surface area contributed by atoms with E-state index < -0.39 is 9.84 Å². The normalized spacial score (nSPS) is 15.4. The van der Waals surface area contributed by atoms with Crippen molar-refractivity contribution in [2.24, 2.45) is 0 Å². The number of anilines is 1. The SMILES string of the molecule is CC1(c2ccc(C(=O)NC/C=C/S(C)(=O)=O)c(NCc3ccccc3)c2)CC1. The number of amides is 1. The zero-order valence-corrected chi connectivity index (χ0v) is 17.1. The Balaban J connectivity index is 1.76. The minimum atomic E-state index is -3.19. The highest BCUT2D eigenvalue weighted by molar-refractivity contribution is 7.93. The smallest absolute Gasteiger partial charge is 0.253 e. The predicted octanol–water partition coefficient (Wildman–Crippen LogP) is 3.64. The monoisotopic (exact) mass is 398 g/mol. The first-order valence-corrected chi connectivity index (χ1v) is 11.3. The van der Waals surface area contributed by atoms with Gasteiger partial charge in [0.1, 0.15) is 0 Å². The topological polar surface area (TPSA) is 75.3 Å². The highest BCUT2D eigenvalue weighted by atomic mass is 32.2. The van der Waals surface area contributed by atoms with E-state index in [1.807, 2.05) is 42.5 Å². The van der Waals surface area contributed by atoms with E-state index in [1.54, 1.807) is 0 Å². The molecule has 0 radical (unpaired) electrons. The minimum absolute atomic E-state index is 0.156. The van der Waals surface area contributed by atoms with E-state index in [2.05, 4.69) is 23.6 Å². The highest BCUT2D eigenvalue weighted by Gasteiger charge is 2.39. The third-order valence-electron chi connectivity index (χ3n) is 5.01. The lowest BCUT2D eigenvalue weighted by Gasteiger charge is -2.16. The Morgan fingerprint density at radius 2 is 1.86 bits per heavy atom. The maximum atomic E-state index is 12.6. The van der Waals surface area contributed by atoms with E-state index in [4.69, 9.17) is 0 Å². The summed E-state index contributed by atoms with van der Waals surface area (Å²) in [7, 11) is -3.19. The van der Waals surface area contributed by atoms with Gasteiger partial charge in [-0.1, -0.05) is 49.4 Å². The number of hydrogen-bond donors (Lipinski definition) is 2. The molecule has 2 N–H and O–H groups in total. The van der Waals surface area contributed by atoms with Gasteiger partial charge in [0.05, 0.1) is 5.56 Å². The molecule has 0 heterocycles. The van der Waals surface area contributed by atoms with Crippen LogP contribution in [0.15, 0.2) is 60.0 Å². The van der Waals surface area contributed by atoms with Crippen molar-refractivity contribution in [2.45, 2.75) is 31.7 Å². The molecule has 1 fully saturated rings. The fraction of sp³-hybridized carbons (Fsp3) is 0.318. The van der Waals surface area contributed by atoms with Crippen LogP contribution in [0.3, 0.4) is 0 Å². The molecule has 3 rings (SSSR count). The van der Waals surface area contributed by atoms with E-state index in [1.165, 1.54) is 11.6 Å². The first-order valence-electron chi connectivity index (χ1n) is 9.34. The standard InChI is InChI=1S/C22H26N2O3S/c1-22(11-12-22)18-9-10-19(21(25)23-13-6-14-28(2,26)27)20(15-18)24-16-17-7-4-3-5-8-17/h3-10,14-15,24H,11-13,16H2,1-2H3,(H,23,25)/b14-6+. The Hall–Kier alpha value is -2.60. The van der Waals surface area contributed by atoms with Gasteiger partial charge in [0.15, 0.2) is 9.84 Å². The molecule has 2 aromatic rings. The van der Waals surface area contributed by atoms with Gasteiger partial charge in [-0.05, 0) is 41.5 Å². The molecule has 0 aromatic heterocycles. The van der Waals surface area contributed by atoms with Crippen molar-refractivity contribution in [1.29, 1.82) is 0 Å². The summed E-state index contributed by atoms with van der Waals surface area (Å²) in [6.07, 6.45) is 4.87. The summed E-state index contributed by atoms with van der Waals surface area (Å²) in [6.45, 7) is 3.01. The molecule has 5 nitrogen and oxygen atoms in total. The van der Waals surface area contributed by atoms with Crippen molar-refractivity contribution in [1.82, 2.24) is 5.32 Å². The lowest BCUT2D eigenvalue weighted by molar-refractivity contribution is 0.0958. The molecular weight excluding hydrogens is 372 g/mol. The Labute approximate surface area is 166 Å².